The lowest BCUT2D eigenvalue weighted by atomic mass is 10.0. The quantitative estimate of drug-likeness (QED) is 0.929. The number of nitrogens with zero attached hydrogens (tertiary/aromatic N) is 1. The van der Waals surface area contributed by atoms with E-state index in [0.717, 1.165) is 16.3 Å². The van der Waals surface area contributed by atoms with Crippen LogP contribution in [-0.4, -0.2) is 24.5 Å². The smallest absolute Gasteiger partial charge is 0.0470 e. The predicted molar refractivity (Wildman–Crippen MR) is 75.8 cm³/mol. The second kappa shape index (κ2) is 5.51. The van der Waals surface area contributed by atoms with E-state index in [4.69, 9.17) is 5.73 Å². The number of halogens is 1. The maximum atomic E-state index is 5.96. The van der Waals surface area contributed by atoms with Gasteiger partial charge in [0.1, 0.15) is 0 Å². The van der Waals surface area contributed by atoms with Crippen LogP contribution in [0.25, 0.3) is 0 Å². The van der Waals surface area contributed by atoms with Crippen LogP contribution in [-0.2, 0) is 0 Å². The van der Waals surface area contributed by atoms with E-state index in [1.807, 2.05) is 0 Å². The van der Waals surface area contributed by atoms with Crippen LogP contribution >= 0.6 is 15.9 Å². The second-order valence-electron chi connectivity index (χ2n) is 5.21. The minimum Gasteiger partial charge on any atom is -0.329 e. The maximum Gasteiger partial charge on any atom is 0.0470 e. The first-order valence-electron chi connectivity index (χ1n) is 6.31. The number of benzene rings is 1. The number of hydrogen-bond acceptors (Lipinski definition) is 2. The molecular weight excluding hydrogens is 276 g/mol. The first kappa shape index (κ1) is 13.1. The van der Waals surface area contributed by atoms with Crippen LogP contribution < -0.4 is 5.73 Å². The molecule has 3 unspecified atom stereocenters. The molecule has 94 valence electrons. The number of likely N-dealkylation sites (tertiary alicyclic amines) is 1. The van der Waals surface area contributed by atoms with Crippen molar-refractivity contribution in [2.24, 2.45) is 17.6 Å². The van der Waals surface area contributed by atoms with Crippen molar-refractivity contribution in [3.63, 3.8) is 0 Å². The molecule has 1 aromatic rings. The molecule has 17 heavy (non-hydrogen) atoms. The Morgan fingerprint density at radius 3 is 2.24 bits per heavy atom. The van der Waals surface area contributed by atoms with E-state index in [0.29, 0.717) is 12.6 Å². The van der Waals surface area contributed by atoms with Gasteiger partial charge in [-0.05, 0) is 29.5 Å². The van der Waals surface area contributed by atoms with Gasteiger partial charge in [-0.2, -0.15) is 0 Å². The highest BCUT2D eigenvalue weighted by Gasteiger charge is 2.30. The molecular formula is C14H21BrN2. The third kappa shape index (κ3) is 2.90. The Bertz CT molecular complexity index is 353. The second-order valence-corrected chi connectivity index (χ2v) is 6.13. The van der Waals surface area contributed by atoms with Gasteiger partial charge in [0.15, 0.2) is 0 Å². The summed E-state index contributed by atoms with van der Waals surface area (Å²) < 4.78 is 1.13. The van der Waals surface area contributed by atoms with Gasteiger partial charge >= 0.3 is 0 Å². The molecule has 0 saturated carbocycles. The van der Waals surface area contributed by atoms with Crippen LogP contribution in [0.4, 0.5) is 0 Å². The lowest BCUT2D eigenvalue weighted by Crippen LogP contribution is -2.32. The van der Waals surface area contributed by atoms with Crippen LogP contribution in [0, 0.1) is 11.8 Å². The van der Waals surface area contributed by atoms with Crippen LogP contribution in [0.2, 0.25) is 0 Å². The first-order valence-corrected chi connectivity index (χ1v) is 7.10. The van der Waals surface area contributed by atoms with Crippen molar-refractivity contribution in [3.8, 4) is 0 Å². The summed E-state index contributed by atoms with van der Waals surface area (Å²) in [6, 6.07) is 8.92. The predicted octanol–water partition coefficient (Wildman–Crippen LogP) is 3.04. The highest BCUT2D eigenvalue weighted by atomic mass is 79.9. The summed E-state index contributed by atoms with van der Waals surface area (Å²) in [4.78, 5) is 2.53. The van der Waals surface area contributed by atoms with Crippen molar-refractivity contribution >= 4 is 15.9 Å². The molecule has 0 amide bonds. The van der Waals surface area contributed by atoms with Crippen molar-refractivity contribution in [2.75, 3.05) is 19.6 Å². The maximum absolute atomic E-state index is 5.96. The summed E-state index contributed by atoms with van der Waals surface area (Å²) in [6.45, 7) is 7.69. The molecule has 2 rings (SSSR count). The zero-order valence-corrected chi connectivity index (χ0v) is 12.2. The average molecular weight is 297 g/mol. The number of nitrogens with two attached hydrogens (primary N) is 1. The fourth-order valence-corrected chi connectivity index (χ4v) is 2.87. The van der Waals surface area contributed by atoms with Crippen molar-refractivity contribution in [1.29, 1.82) is 0 Å². The van der Waals surface area contributed by atoms with Gasteiger partial charge in [-0.1, -0.05) is 41.9 Å². The fraction of sp³-hybridized carbons (Fsp3) is 0.571. The lowest BCUT2D eigenvalue weighted by molar-refractivity contribution is 0.240. The van der Waals surface area contributed by atoms with E-state index in [9.17, 15) is 0 Å². The van der Waals surface area contributed by atoms with Gasteiger partial charge in [-0.3, -0.25) is 4.90 Å². The summed E-state index contributed by atoms with van der Waals surface area (Å²) in [5, 5.41) is 0. The summed E-state index contributed by atoms with van der Waals surface area (Å²) in [5.41, 5.74) is 7.29. The molecule has 0 spiro atoms. The minimum absolute atomic E-state index is 0.371. The van der Waals surface area contributed by atoms with Gasteiger partial charge in [0, 0.05) is 30.1 Å². The van der Waals surface area contributed by atoms with Crippen molar-refractivity contribution in [1.82, 2.24) is 4.90 Å². The zero-order valence-electron chi connectivity index (χ0n) is 10.6. The Kier molecular flexibility index (Phi) is 4.23. The van der Waals surface area contributed by atoms with Crippen LogP contribution in [0.3, 0.4) is 0 Å². The SMILES string of the molecule is CC1CN(C(CN)c2ccc(Br)cc2)CC1C. The molecule has 2 nitrogen and oxygen atoms in total. The molecule has 1 aromatic carbocycles. The van der Waals surface area contributed by atoms with Gasteiger partial charge in [-0.25, -0.2) is 0 Å². The lowest BCUT2D eigenvalue weighted by Gasteiger charge is -2.27. The van der Waals surface area contributed by atoms with E-state index in [-0.39, 0.29) is 0 Å². The third-order valence-electron chi connectivity index (χ3n) is 3.94. The van der Waals surface area contributed by atoms with Gasteiger partial charge in [-0.15, -0.1) is 0 Å². The topological polar surface area (TPSA) is 29.3 Å². The summed E-state index contributed by atoms with van der Waals surface area (Å²) in [7, 11) is 0. The number of hydrogen-bond donors (Lipinski definition) is 1. The zero-order chi connectivity index (χ0) is 12.4. The standard InChI is InChI=1S/C14H21BrN2/c1-10-8-17(9-11(10)2)14(7-16)12-3-5-13(15)6-4-12/h3-6,10-11,14H,7-9,16H2,1-2H3. The fourth-order valence-electron chi connectivity index (χ4n) is 2.61. The Morgan fingerprint density at radius 1 is 1.24 bits per heavy atom. The van der Waals surface area contributed by atoms with Gasteiger partial charge < -0.3 is 5.73 Å². The van der Waals surface area contributed by atoms with Crippen molar-refractivity contribution in [2.45, 2.75) is 19.9 Å². The summed E-state index contributed by atoms with van der Waals surface area (Å²) in [6.07, 6.45) is 0. The molecule has 0 radical (unpaired) electrons. The first-order chi connectivity index (χ1) is 8.11. The van der Waals surface area contributed by atoms with Crippen LogP contribution in [0.15, 0.2) is 28.7 Å². The molecule has 0 aromatic heterocycles. The average Bonchev–Trinajstić information content (AvgIpc) is 2.63. The van der Waals surface area contributed by atoms with Gasteiger partial charge in [0.2, 0.25) is 0 Å². The molecule has 1 heterocycles. The Labute approximate surface area is 112 Å². The summed E-state index contributed by atoms with van der Waals surface area (Å²) in [5.74, 6) is 1.55. The van der Waals surface area contributed by atoms with Crippen LogP contribution in [0.5, 0.6) is 0 Å². The molecule has 0 aliphatic carbocycles. The van der Waals surface area contributed by atoms with E-state index in [2.05, 4.69) is 58.9 Å². The summed E-state index contributed by atoms with van der Waals surface area (Å²) >= 11 is 3.47. The van der Waals surface area contributed by atoms with Gasteiger partial charge in [0.05, 0.1) is 0 Å². The molecule has 1 aliphatic rings. The molecule has 3 heteroatoms. The molecule has 2 N–H and O–H groups in total. The van der Waals surface area contributed by atoms with E-state index in [1.165, 1.54) is 18.7 Å². The normalized spacial score (nSPS) is 27.3. The molecule has 0 bridgehead atoms. The minimum atomic E-state index is 0.371. The monoisotopic (exact) mass is 296 g/mol. The van der Waals surface area contributed by atoms with Gasteiger partial charge in [0.25, 0.3) is 0 Å². The molecule has 1 fully saturated rings. The Morgan fingerprint density at radius 2 is 1.76 bits per heavy atom. The molecule has 3 atom stereocenters. The van der Waals surface area contributed by atoms with E-state index >= 15 is 0 Å². The van der Waals surface area contributed by atoms with E-state index < -0.39 is 0 Å². The highest BCUT2D eigenvalue weighted by Crippen LogP contribution is 2.30. The van der Waals surface area contributed by atoms with Crippen LogP contribution in [0.1, 0.15) is 25.5 Å². The third-order valence-corrected chi connectivity index (χ3v) is 4.46. The van der Waals surface area contributed by atoms with Crippen molar-refractivity contribution in [3.05, 3.63) is 34.3 Å². The van der Waals surface area contributed by atoms with Crippen molar-refractivity contribution < 1.29 is 0 Å². The molecule has 1 saturated heterocycles. The molecule has 1 aliphatic heterocycles. The Balaban J connectivity index is 2.14. The number of rotatable bonds is 3. The highest BCUT2D eigenvalue weighted by molar-refractivity contribution is 9.10. The van der Waals surface area contributed by atoms with E-state index in [1.54, 1.807) is 0 Å². The largest absolute Gasteiger partial charge is 0.329 e. The Hall–Kier alpha value is -0.380.